The molecule has 0 saturated carbocycles. The van der Waals surface area contributed by atoms with Gasteiger partial charge in [0.25, 0.3) is 0 Å². The third-order valence-corrected chi connectivity index (χ3v) is 6.05. The summed E-state index contributed by atoms with van der Waals surface area (Å²) in [5.74, 6) is -1.10. The van der Waals surface area contributed by atoms with Crippen LogP contribution in [-0.4, -0.2) is 28.3 Å². The van der Waals surface area contributed by atoms with E-state index in [1.165, 1.54) is 5.56 Å². The van der Waals surface area contributed by atoms with Crippen molar-refractivity contribution in [3.05, 3.63) is 33.4 Å². The zero-order valence-electron chi connectivity index (χ0n) is 18.7. The molecular weight excluding hydrogens is 342 g/mol. The van der Waals surface area contributed by atoms with Crippen LogP contribution in [0.2, 0.25) is 0 Å². The van der Waals surface area contributed by atoms with Crippen molar-refractivity contribution in [2.75, 3.05) is 0 Å². The highest BCUT2D eigenvalue weighted by atomic mass is 16.6. The van der Waals surface area contributed by atoms with Crippen LogP contribution in [0, 0.1) is 34.6 Å². The predicted octanol–water partition coefficient (Wildman–Crippen LogP) is 4.87. The average molecular weight is 378 g/mol. The Morgan fingerprint density at radius 1 is 0.778 bits per heavy atom. The molecule has 0 aliphatic heterocycles. The molecule has 2 N–H and O–H groups in total. The van der Waals surface area contributed by atoms with E-state index in [9.17, 15) is 14.7 Å². The van der Waals surface area contributed by atoms with Gasteiger partial charge in [-0.3, -0.25) is 0 Å². The Hall–Kier alpha value is -2.04. The van der Waals surface area contributed by atoms with E-state index in [1.807, 2.05) is 27.7 Å². The number of hydrogen-bond donors (Lipinski definition) is 2. The van der Waals surface area contributed by atoms with Crippen molar-refractivity contribution >= 4 is 12.1 Å². The molecule has 1 aromatic carbocycles. The van der Waals surface area contributed by atoms with Crippen LogP contribution in [0.15, 0.2) is 0 Å². The normalized spacial score (nSPS) is 14.5. The van der Waals surface area contributed by atoms with E-state index in [0.717, 1.165) is 27.8 Å². The van der Waals surface area contributed by atoms with Crippen LogP contribution in [0.3, 0.4) is 0 Å². The maximum absolute atomic E-state index is 12.4. The maximum atomic E-state index is 12.4. The zero-order valence-corrected chi connectivity index (χ0v) is 18.7. The first kappa shape index (κ1) is 23.0. The van der Waals surface area contributed by atoms with Gasteiger partial charge in [-0.25, -0.2) is 9.59 Å². The number of carbonyl (C=O) groups is 2. The van der Waals surface area contributed by atoms with Gasteiger partial charge in [0, 0.05) is 5.41 Å². The van der Waals surface area contributed by atoms with E-state index in [2.05, 4.69) is 26.1 Å². The Labute approximate surface area is 163 Å². The van der Waals surface area contributed by atoms with Crippen molar-refractivity contribution in [1.82, 2.24) is 5.32 Å². The summed E-state index contributed by atoms with van der Waals surface area (Å²) in [4.78, 5) is 24.7. The summed E-state index contributed by atoms with van der Waals surface area (Å²) in [6, 6.07) is 0. The van der Waals surface area contributed by atoms with Crippen molar-refractivity contribution in [1.29, 1.82) is 0 Å². The van der Waals surface area contributed by atoms with Crippen molar-refractivity contribution in [3.8, 4) is 0 Å². The van der Waals surface area contributed by atoms with Gasteiger partial charge in [-0.05, 0) is 95.7 Å². The number of nitrogens with one attached hydrogen (secondary N) is 1. The van der Waals surface area contributed by atoms with E-state index in [1.54, 1.807) is 27.7 Å². The predicted molar refractivity (Wildman–Crippen MR) is 109 cm³/mol. The molecule has 0 spiro atoms. The fourth-order valence-corrected chi connectivity index (χ4v) is 3.67. The molecule has 0 saturated heterocycles. The summed E-state index contributed by atoms with van der Waals surface area (Å²) in [5, 5.41) is 12.7. The van der Waals surface area contributed by atoms with Gasteiger partial charge >= 0.3 is 12.1 Å². The molecule has 5 heteroatoms. The number of amides is 1. The van der Waals surface area contributed by atoms with Crippen molar-refractivity contribution in [3.63, 3.8) is 0 Å². The Morgan fingerprint density at radius 2 is 1.15 bits per heavy atom. The Bertz CT molecular complexity index is 742. The first-order valence-corrected chi connectivity index (χ1v) is 9.29. The van der Waals surface area contributed by atoms with Crippen LogP contribution in [-0.2, 0) is 14.9 Å². The number of alkyl carbamates (subject to hydrolysis) is 1. The SMILES string of the molecule is Cc1c(C)c(C)c(C(C)(C)C(C)(NC(=O)OC(C)(C)C)C(=O)O)c(C)c1C. The van der Waals surface area contributed by atoms with E-state index in [4.69, 9.17) is 4.74 Å². The molecule has 0 heterocycles. The second-order valence-corrected chi connectivity index (χ2v) is 9.18. The van der Waals surface area contributed by atoms with E-state index < -0.39 is 28.6 Å². The van der Waals surface area contributed by atoms with Gasteiger partial charge in [0.1, 0.15) is 11.1 Å². The van der Waals surface area contributed by atoms with E-state index >= 15 is 0 Å². The fourth-order valence-electron chi connectivity index (χ4n) is 3.67. The average Bonchev–Trinajstić information content (AvgIpc) is 2.48. The summed E-state index contributed by atoms with van der Waals surface area (Å²) < 4.78 is 5.33. The highest BCUT2D eigenvalue weighted by Gasteiger charge is 2.51. The molecule has 152 valence electrons. The minimum absolute atomic E-state index is 0.712. The third-order valence-electron chi connectivity index (χ3n) is 6.05. The zero-order chi connectivity index (χ0) is 21.5. The monoisotopic (exact) mass is 377 g/mol. The third kappa shape index (κ3) is 4.12. The molecule has 5 nitrogen and oxygen atoms in total. The highest BCUT2D eigenvalue weighted by molar-refractivity contribution is 5.86. The summed E-state index contributed by atoms with van der Waals surface area (Å²) in [6.07, 6.45) is -0.740. The van der Waals surface area contributed by atoms with Crippen molar-refractivity contribution in [2.45, 2.75) is 92.7 Å². The second-order valence-electron chi connectivity index (χ2n) is 9.18. The first-order valence-electron chi connectivity index (χ1n) is 9.29. The van der Waals surface area contributed by atoms with Gasteiger partial charge in [0.05, 0.1) is 0 Å². The molecule has 27 heavy (non-hydrogen) atoms. The molecule has 0 bridgehead atoms. The lowest BCUT2D eigenvalue weighted by Gasteiger charge is -2.44. The van der Waals surface area contributed by atoms with Crippen molar-refractivity contribution < 1.29 is 19.4 Å². The Morgan fingerprint density at radius 3 is 1.48 bits per heavy atom. The highest BCUT2D eigenvalue weighted by Crippen LogP contribution is 2.42. The lowest BCUT2D eigenvalue weighted by Crippen LogP contribution is -2.64. The van der Waals surface area contributed by atoms with Crippen LogP contribution < -0.4 is 5.32 Å². The van der Waals surface area contributed by atoms with Gasteiger partial charge in [-0.2, -0.15) is 0 Å². The van der Waals surface area contributed by atoms with E-state index in [-0.39, 0.29) is 0 Å². The van der Waals surface area contributed by atoms with Crippen LogP contribution in [0.1, 0.15) is 74.9 Å². The fraction of sp³-hybridized carbons (Fsp3) is 0.636. The number of carboxylic acids is 1. The molecule has 1 atom stereocenters. The number of hydrogen-bond acceptors (Lipinski definition) is 3. The van der Waals surface area contributed by atoms with Gasteiger partial charge in [0.2, 0.25) is 0 Å². The molecule has 0 aliphatic carbocycles. The first-order chi connectivity index (χ1) is 12.0. The standard InChI is InChI=1S/C22H35NO4/c1-12-13(2)15(4)17(16(5)14(12)3)21(9,10)22(11,18(24)25)23-19(26)27-20(6,7)8/h1-11H3,(H,23,26)(H,24,25). The van der Waals surface area contributed by atoms with Gasteiger partial charge in [-0.1, -0.05) is 13.8 Å². The lowest BCUT2D eigenvalue weighted by molar-refractivity contribution is -0.147. The van der Waals surface area contributed by atoms with Crippen LogP contribution in [0.25, 0.3) is 0 Å². The summed E-state index contributed by atoms with van der Waals surface area (Å²) in [5.41, 5.74) is 3.41. The minimum atomic E-state index is -1.56. The smallest absolute Gasteiger partial charge is 0.408 e. The minimum Gasteiger partial charge on any atom is -0.479 e. The lowest BCUT2D eigenvalue weighted by atomic mass is 9.65. The molecule has 0 radical (unpaired) electrons. The van der Waals surface area contributed by atoms with Crippen LogP contribution in [0.4, 0.5) is 4.79 Å². The number of benzene rings is 1. The number of rotatable bonds is 4. The number of carbonyl (C=O) groups excluding carboxylic acids is 1. The summed E-state index contributed by atoms with van der Waals surface area (Å²) >= 11 is 0. The number of aliphatic carboxylic acids is 1. The Kier molecular flexibility index (Phi) is 6.11. The van der Waals surface area contributed by atoms with Crippen molar-refractivity contribution in [2.24, 2.45) is 0 Å². The van der Waals surface area contributed by atoms with Gasteiger partial charge in [0.15, 0.2) is 0 Å². The molecule has 0 aromatic heterocycles. The van der Waals surface area contributed by atoms with E-state index in [0.29, 0.717) is 0 Å². The van der Waals surface area contributed by atoms with Crippen LogP contribution >= 0.6 is 0 Å². The Balaban J connectivity index is 3.62. The molecule has 0 fully saturated rings. The van der Waals surface area contributed by atoms with Gasteiger partial charge in [-0.15, -0.1) is 0 Å². The molecular formula is C22H35NO4. The molecule has 1 unspecified atom stereocenters. The number of ether oxygens (including phenoxy) is 1. The molecule has 0 aliphatic rings. The topological polar surface area (TPSA) is 75.6 Å². The van der Waals surface area contributed by atoms with Crippen LogP contribution in [0.5, 0.6) is 0 Å². The summed E-state index contributed by atoms with van der Waals surface area (Å²) in [6.45, 7) is 20.7. The maximum Gasteiger partial charge on any atom is 0.408 e. The van der Waals surface area contributed by atoms with Gasteiger partial charge < -0.3 is 15.2 Å². The summed E-state index contributed by atoms with van der Waals surface area (Å²) in [7, 11) is 0. The largest absolute Gasteiger partial charge is 0.479 e. The molecule has 1 aromatic rings. The second kappa shape index (κ2) is 7.17. The molecule has 1 rings (SSSR count). The molecule has 1 amide bonds. The quantitative estimate of drug-likeness (QED) is 0.784. The number of carboxylic acid groups (broad SMARTS) is 1.